The number of carbonyl (C=O) groups excluding carboxylic acids is 1. The Morgan fingerprint density at radius 3 is 1.86 bits per heavy atom. The Morgan fingerprint density at radius 2 is 1.34 bits per heavy atom. The summed E-state index contributed by atoms with van der Waals surface area (Å²) in [5.41, 5.74) is 5.79. The van der Waals surface area contributed by atoms with E-state index in [9.17, 15) is 13.2 Å². The number of hydrogen-bond acceptors (Lipinski definition) is 4. The lowest BCUT2D eigenvalue weighted by molar-refractivity contribution is -0.120. The van der Waals surface area contributed by atoms with Crippen molar-refractivity contribution >= 4 is 21.5 Å². The summed E-state index contributed by atoms with van der Waals surface area (Å²) in [5, 5.41) is 4.27. The van der Waals surface area contributed by atoms with Crippen LogP contribution in [0.25, 0.3) is 0 Å². The van der Waals surface area contributed by atoms with Crippen molar-refractivity contribution in [3.63, 3.8) is 0 Å². The third-order valence-corrected chi connectivity index (χ3v) is 6.10. The smallest absolute Gasteiger partial charge is 0.241 e. The topological polar surface area (TPSA) is 75.6 Å². The molecule has 0 unspecified atom stereocenters. The molecule has 6 heteroatoms. The Morgan fingerprint density at radius 1 is 0.828 bits per heavy atom. The lowest BCUT2D eigenvalue weighted by atomic mass is 10.0. The quantitative estimate of drug-likeness (QED) is 0.480. The first kappa shape index (κ1) is 20.5. The van der Waals surface area contributed by atoms with E-state index in [1.165, 1.54) is 0 Å². The van der Waals surface area contributed by atoms with E-state index in [1.807, 2.05) is 67.6 Å². The van der Waals surface area contributed by atoms with Crippen molar-refractivity contribution in [2.45, 2.75) is 18.2 Å². The molecule has 0 aliphatic rings. The Bertz CT molecular complexity index is 1050. The van der Waals surface area contributed by atoms with Crippen LogP contribution in [-0.2, 0) is 14.6 Å². The Balaban J connectivity index is 1.71. The molecule has 0 spiro atoms. The van der Waals surface area contributed by atoms with Gasteiger partial charge >= 0.3 is 0 Å². The van der Waals surface area contributed by atoms with E-state index in [-0.39, 0.29) is 17.1 Å². The minimum atomic E-state index is -3.52. The fourth-order valence-electron chi connectivity index (χ4n) is 2.75. The first-order chi connectivity index (χ1) is 14.0. The van der Waals surface area contributed by atoms with Gasteiger partial charge in [-0.2, -0.15) is 5.10 Å². The lowest BCUT2D eigenvalue weighted by Crippen LogP contribution is -2.23. The highest BCUT2D eigenvalue weighted by molar-refractivity contribution is 7.91. The molecule has 0 aromatic heterocycles. The first-order valence-corrected chi connectivity index (χ1v) is 10.9. The molecule has 3 aromatic carbocycles. The summed E-state index contributed by atoms with van der Waals surface area (Å²) in [4.78, 5) is 12.5. The number of carbonyl (C=O) groups is 1. The van der Waals surface area contributed by atoms with Gasteiger partial charge in [-0.1, -0.05) is 78.4 Å². The minimum Gasteiger partial charge on any atom is -0.273 e. The molecule has 5 nitrogen and oxygen atoms in total. The Kier molecular flexibility index (Phi) is 6.57. The summed E-state index contributed by atoms with van der Waals surface area (Å²) >= 11 is 0. The van der Waals surface area contributed by atoms with Crippen LogP contribution in [0.2, 0.25) is 0 Å². The molecule has 0 saturated heterocycles. The van der Waals surface area contributed by atoms with Crippen LogP contribution in [0, 0.1) is 6.92 Å². The molecule has 0 fully saturated rings. The number of nitrogens with zero attached hydrogens (tertiary/aromatic N) is 1. The van der Waals surface area contributed by atoms with Gasteiger partial charge in [-0.05, 0) is 19.1 Å². The number of aryl methyl sites for hydroxylation is 1. The molecule has 0 saturated carbocycles. The maximum absolute atomic E-state index is 12.4. The van der Waals surface area contributed by atoms with Gasteiger partial charge < -0.3 is 0 Å². The van der Waals surface area contributed by atoms with E-state index in [1.54, 1.807) is 24.3 Å². The standard InChI is InChI=1S/C23H22N2O3S/c1-18-12-14-21(15-13-18)29(27,28)17-16-22(26)24-25-23(19-8-4-2-5-9-19)20-10-6-3-7-11-20/h2-15H,16-17H2,1H3,(H,24,26). The van der Waals surface area contributed by atoms with Gasteiger partial charge in [0.2, 0.25) is 5.91 Å². The second-order valence-electron chi connectivity index (χ2n) is 6.61. The predicted octanol–water partition coefficient (Wildman–Crippen LogP) is 3.73. The molecular formula is C23H22N2O3S. The molecule has 1 N–H and O–H groups in total. The van der Waals surface area contributed by atoms with Gasteiger partial charge in [-0.25, -0.2) is 13.8 Å². The molecule has 0 bridgehead atoms. The molecular weight excluding hydrogens is 384 g/mol. The lowest BCUT2D eigenvalue weighted by Gasteiger charge is -2.08. The Hall–Kier alpha value is -3.25. The van der Waals surface area contributed by atoms with Gasteiger partial charge in [-0.15, -0.1) is 0 Å². The third kappa shape index (κ3) is 5.62. The molecule has 0 atom stereocenters. The Labute approximate surface area is 171 Å². The molecule has 148 valence electrons. The third-order valence-electron chi connectivity index (χ3n) is 4.36. The van der Waals surface area contributed by atoms with Crippen molar-refractivity contribution in [1.29, 1.82) is 0 Å². The fraction of sp³-hybridized carbons (Fsp3) is 0.130. The largest absolute Gasteiger partial charge is 0.273 e. The summed E-state index contributed by atoms with van der Waals surface area (Å²) in [6.07, 6.45) is -0.170. The van der Waals surface area contributed by atoms with Gasteiger partial charge in [0.15, 0.2) is 9.84 Å². The van der Waals surface area contributed by atoms with E-state index < -0.39 is 15.7 Å². The zero-order chi connectivity index (χ0) is 20.7. The van der Waals surface area contributed by atoms with Crippen molar-refractivity contribution in [2.24, 2.45) is 5.10 Å². The number of hydrazone groups is 1. The van der Waals surface area contributed by atoms with E-state index in [0.29, 0.717) is 5.71 Å². The molecule has 0 heterocycles. The zero-order valence-electron chi connectivity index (χ0n) is 16.1. The molecule has 0 aliphatic heterocycles. The molecule has 29 heavy (non-hydrogen) atoms. The number of rotatable bonds is 7. The highest BCUT2D eigenvalue weighted by Crippen LogP contribution is 2.13. The van der Waals surface area contributed by atoms with E-state index >= 15 is 0 Å². The molecule has 1 amide bonds. The summed E-state index contributed by atoms with van der Waals surface area (Å²) in [7, 11) is -3.52. The van der Waals surface area contributed by atoms with Gasteiger partial charge in [0.05, 0.1) is 16.4 Å². The minimum absolute atomic E-state index is 0.170. The monoisotopic (exact) mass is 406 g/mol. The predicted molar refractivity (Wildman–Crippen MR) is 115 cm³/mol. The second-order valence-corrected chi connectivity index (χ2v) is 8.72. The zero-order valence-corrected chi connectivity index (χ0v) is 16.9. The van der Waals surface area contributed by atoms with Gasteiger partial charge in [-0.3, -0.25) is 4.79 Å². The molecule has 3 aromatic rings. The SMILES string of the molecule is Cc1ccc(S(=O)(=O)CCC(=O)NN=C(c2ccccc2)c2ccccc2)cc1. The van der Waals surface area contributed by atoms with Crippen molar-refractivity contribution in [2.75, 3.05) is 5.75 Å². The fourth-order valence-corrected chi connectivity index (χ4v) is 3.99. The maximum atomic E-state index is 12.4. The number of sulfone groups is 1. The molecule has 0 radical (unpaired) electrons. The van der Waals surface area contributed by atoms with Gasteiger partial charge in [0.1, 0.15) is 0 Å². The summed E-state index contributed by atoms with van der Waals surface area (Å²) in [6.45, 7) is 1.89. The summed E-state index contributed by atoms with van der Waals surface area (Å²) in [6, 6.07) is 25.6. The number of amides is 1. The number of nitrogens with one attached hydrogen (secondary N) is 1. The molecule has 3 rings (SSSR count). The van der Waals surface area contributed by atoms with Crippen LogP contribution in [-0.4, -0.2) is 25.8 Å². The average Bonchev–Trinajstić information content (AvgIpc) is 2.74. The van der Waals surface area contributed by atoms with Crippen molar-refractivity contribution in [3.05, 3.63) is 102 Å². The van der Waals surface area contributed by atoms with Crippen LogP contribution in [0.5, 0.6) is 0 Å². The first-order valence-electron chi connectivity index (χ1n) is 9.22. The van der Waals surface area contributed by atoms with E-state index in [4.69, 9.17) is 0 Å². The van der Waals surface area contributed by atoms with Crippen molar-refractivity contribution < 1.29 is 13.2 Å². The van der Waals surface area contributed by atoms with Crippen LogP contribution in [0.1, 0.15) is 23.1 Å². The van der Waals surface area contributed by atoms with Crippen LogP contribution in [0.3, 0.4) is 0 Å². The van der Waals surface area contributed by atoms with Crippen LogP contribution < -0.4 is 5.43 Å². The normalized spacial score (nSPS) is 10.9. The van der Waals surface area contributed by atoms with Crippen LogP contribution in [0.4, 0.5) is 0 Å². The highest BCUT2D eigenvalue weighted by atomic mass is 32.2. The van der Waals surface area contributed by atoms with Crippen LogP contribution >= 0.6 is 0 Å². The maximum Gasteiger partial charge on any atom is 0.241 e. The van der Waals surface area contributed by atoms with Crippen LogP contribution in [0.15, 0.2) is 94.9 Å². The second kappa shape index (κ2) is 9.30. The van der Waals surface area contributed by atoms with E-state index in [2.05, 4.69) is 10.5 Å². The summed E-state index contributed by atoms with van der Waals surface area (Å²) < 4.78 is 24.8. The highest BCUT2D eigenvalue weighted by Gasteiger charge is 2.16. The number of hydrogen-bond donors (Lipinski definition) is 1. The summed E-state index contributed by atoms with van der Waals surface area (Å²) in [5.74, 6) is -0.728. The van der Waals surface area contributed by atoms with Crippen molar-refractivity contribution in [1.82, 2.24) is 5.43 Å². The number of benzene rings is 3. The van der Waals surface area contributed by atoms with E-state index in [0.717, 1.165) is 16.7 Å². The average molecular weight is 407 g/mol. The molecule has 0 aliphatic carbocycles. The van der Waals surface area contributed by atoms with Gasteiger partial charge in [0, 0.05) is 17.5 Å². The van der Waals surface area contributed by atoms with Gasteiger partial charge in [0.25, 0.3) is 0 Å². The van der Waals surface area contributed by atoms with Crippen molar-refractivity contribution in [3.8, 4) is 0 Å².